The number of aliphatic hydroxyl groups excluding tert-OH is 1. The highest BCUT2D eigenvalue weighted by atomic mass is 35.5. The zero-order valence-electron chi connectivity index (χ0n) is 14.2. The van der Waals surface area contributed by atoms with Crippen LogP contribution in [0.3, 0.4) is 0 Å². The fourth-order valence-corrected chi connectivity index (χ4v) is 3.02. The van der Waals surface area contributed by atoms with Crippen molar-refractivity contribution in [2.45, 2.75) is 37.8 Å². The Kier molecular flexibility index (Phi) is 8.31. The Morgan fingerprint density at radius 3 is 2.75 bits per heavy atom. The number of aliphatic hydroxyl groups is 1. The summed E-state index contributed by atoms with van der Waals surface area (Å²) >= 11 is 0. The van der Waals surface area contributed by atoms with Crippen LogP contribution >= 0.6 is 12.4 Å². The van der Waals surface area contributed by atoms with Gasteiger partial charge in [0.15, 0.2) is 0 Å². The highest BCUT2D eigenvalue weighted by molar-refractivity contribution is 5.85. The Labute approximate surface area is 149 Å². The van der Waals surface area contributed by atoms with E-state index in [-0.39, 0.29) is 36.8 Å². The molecule has 1 amide bonds. The molecule has 24 heavy (non-hydrogen) atoms. The van der Waals surface area contributed by atoms with Crippen LogP contribution in [0.5, 0.6) is 11.5 Å². The average molecular weight is 359 g/mol. The topological polar surface area (TPSA) is 93.8 Å². The van der Waals surface area contributed by atoms with E-state index in [1.165, 1.54) is 0 Å². The molecule has 1 aliphatic carbocycles. The molecule has 3 unspecified atom stereocenters. The first-order valence-electron chi connectivity index (χ1n) is 7.98. The molecule has 136 valence electrons. The molecule has 6 nitrogen and oxygen atoms in total. The minimum atomic E-state index is -0.860. The van der Waals surface area contributed by atoms with E-state index in [0.29, 0.717) is 23.5 Å². The number of benzene rings is 1. The largest absolute Gasteiger partial charge is 0.497 e. The van der Waals surface area contributed by atoms with E-state index in [1.54, 1.807) is 32.4 Å². The van der Waals surface area contributed by atoms with Gasteiger partial charge in [-0.3, -0.25) is 4.79 Å². The van der Waals surface area contributed by atoms with Crippen molar-refractivity contribution in [3.63, 3.8) is 0 Å². The highest BCUT2D eigenvalue weighted by Crippen LogP contribution is 2.29. The van der Waals surface area contributed by atoms with Crippen LogP contribution in [0.25, 0.3) is 0 Å². The van der Waals surface area contributed by atoms with E-state index < -0.39 is 6.10 Å². The van der Waals surface area contributed by atoms with Crippen molar-refractivity contribution in [3.8, 4) is 11.5 Å². The monoisotopic (exact) mass is 358 g/mol. The molecule has 0 bridgehead atoms. The van der Waals surface area contributed by atoms with Gasteiger partial charge in [0.1, 0.15) is 11.5 Å². The van der Waals surface area contributed by atoms with Crippen molar-refractivity contribution in [3.05, 3.63) is 23.8 Å². The fourth-order valence-electron chi connectivity index (χ4n) is 3.02. The van der Waals surface area contributed by atoms with Gasteiger partial charge in [-0.15, -0.1) is 12.4 Å². The average Bonchev–Trinajstić information content (AvgIpc) is 2.58. The van der Waals surface area contributed by atoms with Gasteiger partial charge in [-0.2, -0.15) is 0 Å². The van der Waals surface area contributed by atoms with Gasteiger partial charge < -0.3 is 25.6 Å². The third-order valence-corrected chi connectivity index (χ3v) is 4.35. The molecule has 1 aliphatic rings. The summed E-state index contributed by atoms with van der Waals surface area (Å²) in [5.74, 6) is 1.09. The summed E-state index contributed by atoms with van der Waals surface area (Å²) in [6.07, 6.45) is 2.67. The number of amides is 1. The second-order valence-corrected chi connectivity index (χ2v) is 5.99. The molecule has 4 N–H and O–H groups in total. The lowest BCUT2D eigenvalue weighted by Gasteiger charge is -2.26. The first kappa shape index (κ1) is 20.5. The maximum atomic E-state index is 12.2. The van der Waals surface area contributed by atoms with Crippen LogP contribution in [-0.2, 0) is 4.79 Å². The molecule has 7 heteroatoms. The lowest BCUT2D eigenvalue weighted by atomic mass is 9.85. The summed E-state index contributed by atoms with van der Waals surface area (Å²) in [5, 5.41) is 13.2. The van der Waals surface area contributed by atoms with Crippen molar-refractivity contribution in [1.29, 1.82) is 0 Å². The van der Waals surface area contributed by atoms with Gasteiger partial charge in [0.05, 0.1) is 20.3 Å². The summed E-state index contributed by atoms with van der Waals surface area (Å²) in [5.41, 5.74) is 6.51. The number of nitrogens with two attached hydrogens (primary N) is 1. The minimum Gasteiger partial charge on any atom is -0.497 e. The van der Waals surface area contributed by atoms with Gasteiger partial charge in [0.2, 0.25) is 5.91 Å². The Hall–Kier alpha value is -1.50. The Balaban J connectivity index is 0.00000288. The van der Waals surface area contributed by atoms with Gasteiger partial charge in [-0.25, -0.2) is 0 Å². The van der Waals surface area contributed by atoms with Crippen LogP contribution in [0.4, 0.5) is 0 Å². The molecule has 0 radical (unpaired) electrons. The van der Waals surface area contributed by atoms with E-state index in [1.807, 2.05) is 0 Å². The van der Waals surface area contributed by atoms with Crippen molar-refractivity contribution >= 4 is 18.3 Å². The molecule has 0 aromatic heterocycles. The first-order chi connectivity index (χ1) is 11.0. The highest BCUT2D eigenvalue weighted by Gasteiger charge is 2.26. The first-order valence-corrected chi connectivity index (χ1v) is 7.98. The van der Waals surface area contributed by atoms with Crippen molar-refractivity contribution in [2.75, 3.05) is 20.8 Å². The number of nitrogens with one attached hydrogen (secondary N) is 1. The van der Waals surface area contributed by atoms with E-state index in [0.717, 1.165) is 19.3 Å². The van der Waals surface area contributed by atoms with Crippen LogP contribution in [0.1, 0.15) is 37.4 Å². The van der Waals surface area contributed by atoms with E-state index >= 15 is 0 Å². The summed E-state index contributed by atoms with van der Waals surface area (Å²) in [7, 11) is 3.10. The number of methoxy groups -OCH3 is 2. The molecule has 0 heterocycles. The smallest absolute Gasteiger partial charge is 0.223 e. The molecule has 0 spiro atoms. The van der Waals surface area contributed by atoms with Gasteiger partial charge in [0.25, 0.3) is 0 Å². The van der Waals surface area contributed by atoms with Crippen LogP contribution < -0.4 is 20.5 Å². The predicted molar refractivity (Wildman–Crippen MR) is 94.7 cm³/mol. The number of halogens is 1. The summed E-state index contributed by atoms with van der Waals surface area (Å²) in [4.78, 5) is 12.2. The maximum absolute atomic E-state index is 12.2. The zero-order chi connectivity index (χ0) is 16.8. The number of hydrogen-bond acceptors (Lipinski definition) is 5. The second-order valence-electron chi connectivity index (χ2n) is 5.99. The SMILES string of the molecule is COc1ccc(OC)c(C(O)CNC(=O)C2CCCC(N)C2)c1.Cl. The molecular formula is C17H27ClN2O4. The van der Waals surface area contributed by atoms with Crippen molar-refractivity contribution < 1.29 is 19.4 Å². The Morgan fingerprint density at radius 1 is 1.38 bits per heavy atom. The lowest BCUT2D eigenvalue weighted by Crippen LogP contribution is -2.39. The van der Waals surface area contributed by atoms with Crippen LogP contribution in [0.15, 0.2) is 18.2 Å². The van der Waals surface area contributed by atoms with Gasteiger partial charge in [0, 0.05) is 24.1 Å². The number of rotatable bonds is 6. The number of ether oxygens (including phenoxy) is 2. The van der Waals surface area contributed by atoms with Gasteiger partial charge in [-0.05, 0) is 37.5 Å². The fraction of sp³-hybridized carbons (Fsp3) is 0.588. The minimum absolute atomic E-state index is 0. The van der Waals surface area contributed by atoms with Crippen LogP contribution in [0, 0.1) is 5.92 Å². The van der Waals surface area contributed by atoms with Gasteiger partial charge >= 0.3 is 0 Å². The Morgan fingerprint density at radius 2 is 2.12 bits per heavy atom. The van der Waals surface area contributed by atoms with E-state index in [2.05, 4.69) is 5.32 Å². The molecule has 0 aliphatic heterocycles. The standard InChI is InChI=1S/C17H26N2O4.ClH/c1-22-13-6-7-16(23-2)14(9-13)15(20)10-19-17(21)11-4-3-5-12(18)8-11;/h6-7,9,11-12,15,20H,3-5,8,10,18H2,1-2H3,(H,19,21);1H. The third kappa shape index (κ3) is 5.26. The predicted octanol–water partition coefficient (Wildman–Crippen LogP) is 1.79. The third-order valence-electron chi connectivity index (χ3n) is 4.35. The normalized spacial score (nSPS) is 21.3. The molecular weight excluding hydrogens is 332 g/mol. The Bertz CT molecular complexity index is 541. The summed E-state index contributed by atoms with van der Waals surface area (Å²) < 4.78 is 10.4. The number of hydrogen-bond donors (Lipinski definition) is 3. The maximum Gasteiger partial charge on any atom is 0.223 e. The van der Waals surface area contributed by atoms with Crippen molar-refractivity contribution in [1.82, 2.24) is 5.32 Å². The van der Waals surface area contributed by atoms with E-state index in [9.17, 15) is 9.90 Å². The lowest BCUT2D eigenvalue weighted by molar-refractivity contribution is -0.126. The quantitative estimate of drug-likeness (QED) is 0.720. The molecule has 1 aromatic rings. The molecule has 1 saturated carbocycles. The molecule has 2 rings (SSSR count). The van der Waals surface area contributed by atoms with E-state index in [4.69, 9.17) is 15.2 Å². The van der Waals surface area contributed by atoms with Gasteiger partial charge in [-0.1, -0.05) is 6.42 Å². The number of carbonyl (C=O) groups is 1. The zero-order valence-corrected chi connectivity index (χ0v) is 15.0. The number of carbonyl (C=O) groups excluding carboxylic acids is 1. The van der Waals surface area contributed by atoms with Crippen LogP contribution in [-0.4, -0.2) is 37.8 Å². The molecule has 0 saturated heterocycles. The summed E-state index contributed by atoms with van der Waals surface area (Å²) in [6, 6.07) is 5.31. The molecule has 1 aromatic carbocycles. The molecule has 3 atom stereocenters. The van der Waals surface area contributed by atoms with Crippen LogP contribution in [0.2, 0.25) is 0 Å². The summed E-state index contributed by atoms with van der Waals surface area (Å²) in [6.45, 7) is 0.133. The molecule has 1 fully saturated rings. The van der Waals surface area contributed by atoms with Crippen molar-refractivity contribution in [2.24, 2.45) is 11.7 Å². The second kappa shape index (κ2) is 9.71.